The molecule has 0 saturated carbocycles. The van der Waals surface area contributed by atoms with Crippen molar-refractivity contribution in [3.05, 3.63) is 49.0 Å². The molecule has 0 aliphatic heterocycles. The normalized spacial score (nSPS) is 10.5. The standard InChI is InChI=1S/C12H11Br2NOS/c13-9-3-4-17-12(9)7-16-11-2-1-8(6-15)5-10(11)14/h1-5H,6-7,15H2. The lowest BCUT2D eigenvalue weighted by molar-refractivity contribution is 0.307. The minimum Gasteiger partial charge on any atom is -0.487 e. The average molecular weight is 377 g/mol. The van der Waals surface area contributed by atoms with Crippen molar-refractivity contribution in [1.82, 2.24) is 0 Å². The predicted molar refractivity (Wildman–Crippen MR) is 78.4 cm³/mol. The van der Waals surface area contributed by atoms with Crippen molar-refractivity contribution in [1.29, 1.82) is 0 Å². The molecule has 5 heteroatoms. The molecule has 0 aliphatic rings. The Morgan fingerprint density at radius 1 is 1.18 bits per heavy atom. The van der Waals surface area contributed by atoms with Crippen LogP contribution >= 0.6 is 43.2 Å². The SMILES string of the molecule is NCc1ccc(OCc2sccc2Br)c(Br)c1. The van der Waals surface area contributed by atoms with Gasteiger partial charge < -0.3 is 10.5 Å². The van der Waals surface area contributed by atoms with Crippen LogP contribution in [0.3, 0.4) is 0 Å². The monoisotopic (exact) mass is 375 g/mol. The summed E-state index contributed by atoms with van der Waals surface area (Å²) in [5.41, 5.74) is 6.66. The summed E-state index contributed by atoms with van der Waals surface area (Å²) in [7, 11) is 0. The van der Waals surface area contributed by atoms with Crippen LogP contribution in [0, 0.1) is 0 Å². The largest absolute Gasteiger partial charge is 0.487 e. The summed E-state index contributed by atoms with van der Waals surface area (Å²) in [6.45, 7) is 1.11. The Morgan fingerprint density at radius 2 is 2.00 bits per heavy atom. The lowest BCUT2D eigenvalue weighted by Crippen LogP contribution is -1.98. The Hall–Kier alpha value is -0.360. The van der Waals surface area contributed by atoms with Crippen molar-refractivity contribution >= 4 is 43.2 Å². The highest BCUT2D eigenvalue weighted by Crippen LogP contribution is 2.29. The number of hydrogen-bond donors (Lipinski definition) is 1. The fourth-order valence-corrected chi connectivity index (χ4v) is 3.28. The second-order valence-corrected chi connectivity index (χ2v) is 6.16. The fraction of sp³-hybridized carbons (Fsp3) is 0.167. The lowest BCUT2D eigenvalue weighted by atomic mass is 10.2. The molecule has 0 aliphatic carbocycles. The molecule has 0 unspecified atom stereocenters. The molecule has 0 saturated heterocycles. The quantitative estimate of drug-likeness (QED) is 0.862. The van der Waals surface area contributed by atoms with Crippen molar-refractivity contribution in [2.24, 2.45) is 5.73 Å². The number of ether oxygens (including phenoxy) is 1. The topological polar surface area (TPSA) is 35.2 Å². The zero-order chi connectivity index (χ0) is 12.3. The van der Waals surface area contributed by atoms with E-state index in [0.29, 0.717) is 13.2 Å². The molecule has 0 bridgehead atoms. The van der Waals surface area contributed by atoms with Crippen LogP contribution in [0.5, 0.6) is 5.75 Å². The van der Waals surface area contributed by atoms with E-state index in [2.05, 4.69) is 31.9 Å². The molecule has 0 spiro atoms. The molecule has 2 nitrogen and oxygen atoms in total. The third-order valence-corrected chi connectivity index (χ3v) is 4.80. The van der Waals surface area contributed by atoms with Crippen molar-refractivity contribution < 1.29 is 4.74 Å². The van der Waals surface area contributed by atoms with Crippen LogP contribution in [0.2, 0.25) is 0 Å². The summed E-state index contributed by atoms with van der Waals surface area (Å²) >= 11 is 8.64. The van der Waals surface area contributed by atoms with Gasteiger partial charge in [0.2, 0.25) is 0 Å². The molecule has 0 amide bonds. The Kier molecular flexibility index (Phi) is 4.62. The first-order chi connectivity index (χ1) is 8.20. The number of rotatable bonds is 4. The molecule has 0 radical (unpaired) electrons. The van der Waals surface area contributed by atoms with E-state index in [1.165, 1.54) is 4.88 Å². The highest BCUT2D eigenvalue weighted by atomic mass is 79.9. The Balaban J connectivity index is 2.07. The van der Waals surface area contributed by atoms with Gasteiger partial charge in [-0.25, -0.2) is 0 Å². The van der Waals surface area contributed by atoms with E-state index in [-0.39, 0.29) is 0 Å². The predicted octanol–water partition coefficient (Wildman–Crippen LogP) is 4.31. The Bertz CT molecular complexity index is 513. The van der Waals surface area contributed by atoms with Crippen molar-refractivity contribution in [3.63, 3.8) is 0 Å². The molecular weight excluding hydrogens is 366 g/mol. The molecule has 1 aromatic carbocycles. The summed E-state index contributed by atoms with van der Waals surface area (Å²) < 4.78 is 7.79. The molecule has 0 fully saturated rings. The summed E-state index contributed by atoms with van der Waals surface area (Å²) in [4.78, 5) is 1.18. The second kappa shape index (κ2) is 6.00. The maximum atomic E-state index is 5.75. The van der Waals surface area contributed by atoms with Crippen molar-refractivity contribution in [2.75, 3.05) is 0 Å². The maximum absolute atomic E-state index is 5.75. The van der Waals surface area contributed by atoms with Gasteiger partial charge in [-0.15, -0.1) is 11.3 Å². The third kappa shape index (κ3) is 3.31. The highest BCUT2D eigenvalue weighted by Gasteiger charge is 2.05. The molecule has 1 heterocycles. The Morgan fingerprint density at radius 3 is 2.59 bits per heavy atom. The van der Waals surface area contributed by atoms with Crippen molar-refractivity contribution in [3.8, 4) is 5.75 Å². The van der Waals surface area contributed by atoms with E-state index >= 15 is 0 Å². The first kappa shape index (κ1) is 13.1. The van der Waals surface area contributed by atoms with Gasteiger partial charge in [0.1, 0.15) is 12.4 Å². The van der Waals surface area contributed by atoms with Crippen LogP contribution in [0.1, 0.15) is 10.4 Å². The lowest BCUT2D eigenvalue weighted by Gasteiger charge is -2.08. The van der Waals surface area contributed by atoms with Gasteiger partial charge in [0, 0.05) is 11.0 Å². The maximum Gasteiger partial charge on any atom is 0.134 e. The van der Waals surface area contributed by atoms with Gasteiger partial charge in [-0.05, 0) is 61.0 Å². The molecule has 1 aromatic heterocycles. The summed E-state index contributed by atoms with van der Waals surface area (Å²) in [6, 6.07) is 7.92. The summed E-state index contributed by atoms with van der Waals surface area (Å²) in [5, 5.41) is 2.04. The van der Waals surface area contributed by atoms with Crippen LogP contribution in [0.15, 0.2) is 38.6 Å². The van der Waals surface area contributed by atoms with E-state index in [1.807, 2.05) is 29.6 Å². The van der Waals surface area contributed by atoms with Crippen LogP contribution in [0.25, 0.3) is 0 Å². The first-order valence-electron chi connectivity index (χ1n) is 5.04. The van der Waals surface area contributed by atoms with Crippen LogP contribution in [0.4, 0.5) is 0 Å². The van der Waals surface area contributed by atoms with Gasteiger partial charge in [0.05, 0.1) is 9.35 Å². The number of halogens is 2. The van der Waals surface area contributed by atoms with Gasteiger partial charge >= 0.3 is 0 Å². The van der Waals surface area contributed by atoms with Gasteiger partial charge in [-0.3, -0.25) is 0 Å². The van der Waals surface area contributed by atoms with Gasteiger partial charge in [0.15, 0.2) is 0 Å². The molecule has 17 heavy (non-hydrogen) atoms. The van der Waals surface area contributed by atoms with E-state index in [4.69, 9.17) is 10.5 Å². The van der Waals surface area contributed by atoms with Gasteiger partial charge in [-0.1, -0.05) is 6.07 Å². The first-order valence-corrected chi connectivity index (χ1v) is 7.50. The van der Waals surface area contributed by atoms with E-state index in [9.17, 15) is 0 Å². The number of thiophene rings is 1. The second-order valence-electron chi connectivity index (χ2n) is 3.45. The van der Waals surface area contributed by atoms with Crippen LogP contribution < -0.4 is 10.5 Å². The molecule has 90 valence electrons. The van der Waals surface area contributed by atoms with E-state index in [1.54, 1.807) is 11.3 Å². The van der Waals surface area contributed by atoms with Gasteiger partial charge in [-0.2, -0.15) is 0 Å². The summed E-state index contributed by atoms with van der Waals surface area (Å²) in [5.74, 6) is 0.836. The average Bonchev–Trinajstić information content (AvgIpc) is 2.73. The fourth-order valence-electron chi connectivity index (χ4n) is 1.36. The minimum atomic E-state index is 0.537. The smallest absolute Gasteiger partial charge is 0.134 e. The van der Waals surface area contributed by atoms with Gasteiger partial charge in [0.25, 0.3) is 0 Å². The minimum absolute atomic E-state index is 0.537. The number of benzene rings is 1. The number of hydrogen-bond acceptors (Lipinski definition) is 3. The van der Waals surface area contributed by atoms with Crippen LogP contribution in [-0.2, 0) is 13.2 Å². The molecule has 2 rings (SSSR count). The van der Waals surface area contributed by atoms with Crippen molar-refractivity contribution in [2.45, 2.75) is 13.2 Å². The zero-order valence-electron chi connectivity index (χ0n) is 8.95. The zero-order valence-corrected chi connectivity index (χ0v) is 12.9. The highest BCUT2D eigenvalue weighted by molar-refractivity contribution is 9.10. The van der Waals surface area contributed by atoms with Crippen LogP contribution in [-0.4, -0.2) is 0 Å². The van der Waals surface area contributed by atoms with E-state index in [0.717, 1.165) is 20.3 Å². The molecule has 2 N–H and O–H groups in total. The van der Waals surface area contributed by atoms with E-state index < -0.39 is 0 Å². The molecule has 2 aromatic rings. The third-order valence-electron chi connectivity index (χ3n) is 2.28. The molecule has 0 atom stereocenters. The molecular formula is C12H11Br2NOS. The summed E-state index contributed by atoms with van der Waals surface area (Å²) in [6.07, 6.45) is 0. The number of nitrogens with two attached hydrogens (primary N) is 1. The Labute approximate surface area is 121 Å².